The summed E-state index contributed by atoms with van der Waals surface area (Å²) in [7, 11) is 4.30. The van der Waals surface area contributed by atoms with Crippen molar-refractivity contribution in [3.63, 3.8) is 0 Å². The summed E-state index contributed by atoms with van der Waals surface area (Å²) in [4.78, 5) is 4.86. The predicted molar refractivity (Wildman–Crippen MR) is 86.3 cm³/mol. The second-order valence-corrected chi connectivity index (χ2v) is 6.23. The van der Waals surface area contributed by atoms with Gasteiger partial charge in [0.1, 0.15) is 0 Å². The molecule has 0 radical (unpaired) electrons. The molecule has 1 aliphatic heterocycles. The molecule has 1 heterocycles. The molecule has 1 rings (SSSR count). The van der Waals surface area contributed by atoms with Crippen molar-refractivity contribution in [3.05, 3.63) is 0 Å². The molecule has 2 unspecified atom stereocenters. The Balaban J connectivity index is 2.38. The molecule has 20 heavy (non-hydrogen) atoms. The van der Waals surface area contributed by atoms with Crippen LogP contribution in [0.1, 0.15) is 33.1 Å². The maximum absolute atomic E-state index is 5.58. The van der Waals surface area contributed by atoms with E-state index >= 15 is 0 Å². The molecule has 4 nitrogen and oxygen atoms in total. The molecule has 2 atom stereocenters. The van der Waals surface area contributed by atoms with Crippen LogP contribution in [-0.2, 0) is 4.74 Å². The van der Waals surface area contributed by atoms with E-state index < -0.39 is 0 Å². The van der Waals surface area contributed by atoms with E-state index in [1.165, 1.54) is 32.4 Å². The second kappa shape index (κ2) is 10.6. The molecule has 1 N–H and O–H groups in total. The number of nitrogens with one attached hydrogen (secondary N) is 1. The van der Waals surface area contributed by atoms with Gasteiger partial charge in [-0.15, -0.1) is 0 Å². The van der Waals surface area contributed by atoms with Crippen LogP contribution in [0.4, 0.5) is 0 Å². The molecule has 4 heteroatoms. The first-order valence-corrected chi connectivity index (χ1v) is 8.35. The molecule has 0 saturated carbocycles. The monoisotopic (exact) mass is 285 g/mol. The number of hydrogen-bond donors (Lipinski definition) is 1. The topological polar surface area (TPSA) is 27.7 Å². The fraction of sp³-hybridized carbons (Fsp3) is 1.00. The van der Waals surface area contributed by atoms with Gasteiger partial charge < -0.3 is 19.9 Å². The minimum absolute atomic E-state index is 0.594. The van der Waals surface area contributed by atoms with E-state index in [0.29, 0.717) is 12.0 Å². The van der Waals surface area contributed by atoms with Gasteiger partial charge >= 0.3 is 0 Å². The standard InChI is InChI=1S/C16H35N3O/c1-5-9-17-16(15-8-12-20-14-15)13-19(6-2)11-7-10-18(3)4/h15-17H,5-14H2,1-4H3. The highest BCUT2D eigenvalue weighted by atomic mass is 16.5. The van der Waals surface area contributed by atoms with E-state index in [-0.39, 0.29) is 0 Å². The first-order chi connectivity index (χ1) is 9.67. The highest BCUT2D eigenvalue weighted by molar-refractivity contribution is 4.82. The maximum Gasteiger partial charge on any atom is 0.0510 e. The summed E-state index contributed by atoms with van der Waals surface area (Å²) in [5, 5.41) is 3.74. The van der Waals surface area contributed by atoms with E-state index in [9.17, 15) is 0 Å². The van der Waals surface area contributed by atoms with Gasteiger partial charge in [0, 0.05) is 25.1 Å². The van der Waals surface area contributed by atoms with Crippen LogP contribution in [0.3, 0.4) is 0 Å². The fourth-order valence-electron chi connectivity index (χ4n) is 2.85. The van der Waals surface area contributed by atoms with Gasteiger partial charge in [0.2, 0.25) is 0 Å². The normalized spacial score (nSPS) is 21.0. The van der Waals surface area contributed by atoms with E-state index in [2.05, 4.69) is 43.1 Å². The molecule has 0 spiro atoms. The largest absolute Gasteiger partial charge is 0.381 e. The summed E-state index contributed by atoms with van der Waals surface area (Å²) in [5.74, 6) is 0.699. The van der Waals surface area contributed by atoms with Gasteiger partial charge in [-0.05, 0) is 59.5 Å². The summed E-state index contributed by atoms with van der Waals surface area (Å²) >= 11 is 0. The lowest BCUT2D eigenvalue weighted by Crippen LogP contribution is -2.46. The van der Waals surface area contributed by atoms with Crippen molar-refractivity contribution in [1.29, 1.82) is 0 Å². The van der Waals surface area contributed by atoms with Crippen molar-refractivity contribution in [3.8, 4) is 0 Å². The molecule has 0 aromatic heterocycles. The summed E-state index contributed by atoms with van der Waals surface area (Å²) in [5.41, 5.74) is 0. The van der Waals surface area contributed by atoms with E-state index in [1.54, 1.807) is 0 Å². The van der Waals surface area contributed by atoms with Crippen molar-refractivity contribution in [1.82, 2.24) is 15.1 Å². The highest BCUT2D eigenvalue weighted by Gasteiger charge is 2.26. The average Bonchev–Trinajstić information content (AvgIpc) is 2.95. The first kappa shape index (κ1) is 17.9. The Hall–Kier alpha value is -0.160. The third-order valence-corrected chi connectivity index (χ3v) is 4.17. The molecule has 0 amide bonds. The maximum atomic E-state index is 5.58. The number of rotatable bonds is 11. The predicted octanol–water partition coefficient (Wildman–Crippen LogP) is 1.66. The van der Waals surface area contributed by atoms with E-state index in [0.717, 1.165) is 32.8 Å². The SMILES string of the molecule is CCCNC(CN(CC)CCCN(C)C)C1CCOC1. The molecular formula is C16H35N3O. The minimum atomic E-state index is 0.594. The van der Waals surface area contributed by atoms with Crippen LogP contribution in [0.25, 0.3) is 0 Å². The Morgan fingerprint density at radius 2 is 2.05 bits per heavy atom. The van der Waals surface area contributed by atoms with Crippen LogP contribution < -0.4 is 5.32 Å². The van der Waals surface area contributed by atoms with Gasteiger partial charge in [-0.3, -0.25) is 0 Å². The molecule has 120 valence electrons. The van der Waals surface area contributed by atoms with E-state index in [1.807, 2.05) is 0 Å². The highest BCUT2D eigenvalue weighted by Crippen LogP contribution is 2.18. The molecule has 0 aromatic rings. The number of ether oxygens (including phenoxy) is 1. The Labute approximate surface area is 125 Å². The Bertz CT molecular complexity index is 230. The molecule has 1 fully saturated rings. The third kappa shape index (κ3) is 7.02. The van der Waals surface area contributed by atoms with Crippen LogP contribution in [0.5, 0.6) is 0 Å². The molecular weight excluding hydrogens is 250 g/mol. The number of nitrogens with zero attached hydrogens (tertiary/aromatic N) is 2. The summed E-state index contributed by atoms with van der Waals surface area (Å²) in [6.07, 6.45) is 3.68. The number of hydrogen-bond acceptors (Lipinski definition) is 4. The number of likely N-dealkylation sites (N-methyl/N-ethyl adjacent to an activating group) is 1. The van der Waals surface area contributed by atoms with Gasteiger partial charge in [0.25, 0.3) is 0 Å². The Morgan fingerprint density at radius 3 is 2.60 bits per heavy atom. The molecule has 0 aliphatic carbocycles. The minimum Gasteiger partial charge on any atom is -0.381 e. The van der Waals surface area contributed by atoms with Crippen LogP contribution in [0.15, 0.2) is 0 Å². The lowest BCUT2D eigenvalue weighted by Gasteiger charge is -2.30. The van der Waals surface area contributed by atoms with Gasteiger partial charge in [-0.25, -0.2) is 0 Å². The molecule has 1 saturated heterocycles. The van der Waals surface area contributed by atoms with Gasteiger partial charge in [0.05, 0.1) is 6.61 Å². The third-order valence-electron chi connectivity index (χ3n) is 4.17. The van der Waals surface area contributed by atoms with Gasteiger partial charge in [-0.1, -0.05) is 13.8 Å². The second-order valence-electron chi connectivity index (χ2n) is 6.23. The van der Waals surface area contributed by atoms with Crippen LogP contribution in [-0.4, -0.2) is 75.9 Å². The summed E-state index contributed by atoms with van der Waals surface area (Å²) in [6, 6.07) is 0.594. The summed E-state index contributed by atoms with van der Waals surface area (Å²) < 4.78 is 5.58. The zero-order valence-corrected chi connectivity index (χ0v) is 14.0. The zero-order chi connectivity index (χ0) is 14.8. The zero-order valence-electron chi connectivity index (χ0n) is 14.0. The van der Waals surface area contributed by atoms with Crippen LogP contribution in [0, 0.1) is 5.92 Å². The lowest BCUT2D eigenvalue weighted by atomic mass is 9.98. The van der Waals surface area contributed by atoms with Crippen molar-refractivity contribution < 1.29 is 4.74 Å². The summed E-state index contributed by atoms with van der Waals surface area (Å²) in [6.45, 7) is 12.2. The Kier molecular flexibility index (Phi) is 9.44. The molecule has 1 aliphatic rings. The fourth-order valence-corrected chi connectivity index (χ4v) is 2.85. The Morgan fingerprint density at radius 1 is 1.25 bits per heavy atom. The van der Waals surface area contributed by atoms with Crippen LogP contribution in [0.2, 0.25) is 0 Å². The lowest BCUT2D eigenvalue weighted by molar-refractivity contribution is 0.160. The van der Waals surface area contributed by atoms with Crippen molar-refractivity contribution >= 4 is 0 Å². The first-order valence-electron chi connectivity index (χ1n) is 8.35. The average molecular weight is 285 g/mol. The van der Waals surface area contributed by atoms with Gasteiger partial charge in [-0.2, -0.15) is 0 Å². The van der Waals surface area contributed by atoms with E-state index in [4.69, 9.17) is 4.74 Å². The van der Waals surface area contributed by atoms with Crippen molar-refractivity contribution in [2.45, 2.75) is 39.2 Å². The van der Waals surface area contributed by atoms with Crippen molar-refractivity contribution in [2.75, 3.05) is 60.0 Å². The smallest absolute Gasteiger partial charge is 0.0510 e. The molecule has 0 aromatic carbocycles. The molecule has 0 bridgehead atoms. The van der Waals surface area contributed by atoms with Crippen molar-refractivity contribution in [2.24, 2.45) is 5.92 Å². The quantitative estimate of drug-likeness (QED) is 0.625. The van der Waals surface area contributed by atoms with Gasteiger partial charge in [0.15, 0.2) is 0 Å². The van der Waals surface area contributed by atoms with Crippen LogP contribution >= 0.6 is 0 Å².